The summed E-state index contributed by atoms with van der Waals surface area (Å²) in [7, 11) is 8.53. The van der Waals surface area contributed by atoms with Crippen molar-refractivity contribution < 1.29 is 0 Å². The summed E-state index contributed by atoms with van der Waals surface area (Å²) in [6, 6.07) is 60.1. The lowest BCUT2D eigenvalue weighted by Crippen LogP contribution is -1.91. The van der Waals surface area contributed by atoms with E-state index in [9.17, 15) is 0 Å². The molecule has 4 heterocycles. The highest BCUT2D eigenvalue weighted by atomic mass is 15.0. The molecule has 0 fully saturated rings. The third-order valence-corrected chi connectivity index (χ3v) is 13.1. The Hall–Kier alpha value is -7.43. The van der Waals surface area contributed by atoms with Crippen LogP contribution in [0.15, 0.2) is 183 Å². The highest BCUT2D eigenvalue weighted by Gasteiger charge is 2.13. The number of benzene rings is 8. The second kappa shape index (κ2) is 104. The molecule has 12 aromatic rings. The fraction of sp³-hybridized carbons (Fsp3) is 0.490. The number of fused-ring (bicyclic) bond motifs is 12. The number of nitrogens with zero attached hydrogens (tertiary/aromatic N) is 4. The maximum atomic E-state index is 3.88. The summed E-state index contributed by atoms with van der Waals surface area (Å²) < 4.78 is 9.09. The van der Waals surface area contributed by atoms with Crippen molar-refractivity contribution in [2.24, 2.45) is 28.2 Å². The number of rotatable bonds is 4. The Bertz CT molecular complexity index is 3450. The normalized spacial score (nSPS) is 7.70. The molecule has 6 radical (unpaired) electrons. The van der Waals surface area contributed by atoms with Crippen molar-refractivity contribution in [1.29, 1.82) is 0 Å². The molecule has 0 spiro atoms. The second-order valence-electron chi connectivity index (χ2n) is 16.5. The third-order valence-electron chi connectivity index (χ3n) is 13.1. The average Bonchev–Trinajstić information content (AvgIpc) is 1.65. The summed E-state index contributed by atoms with van der Waals surface area (Å²) in [4.78, 5) is 0. The van der Waals surface area contributed by atoms with Crippen LogP contribution in [0.4, 0.5) is 0 Å². The molecule has 0 saturated carbocycles. The first kappa shape index (κ1) is 143. The lowest BCUT2D eigenvalue weighted by molar-refractivity contribution is 0.995. The standard InChI is InChI=1S/2C15H15N.2C15H13N.19C2H6.4CH4.2B/c4*1-3-11-7-6-9-13-12-8-4-5-10-14(12)16(2)15(11)13;19*1-2;;;;;;/h2*4-10H,3H2,1-2H3;2*3-10H,1H2,2H3;19*1-2H3;4*1H4;;. The van der Waals surface area contributed by atoms with Crippen molar-refractivity contribution in [3.63, 3.8) is 0 Å². The van der Waals surface area contributed by atoms with E-state index < -0.39 is 0 Å². The Morgan fingerprint density at radius 2 is 0.361 bits per heavy atom. The van der Waals surface area contributed by atoms with Crippen molar-refractivity contribution in [1.82, 2.24) is 18.3 Å². The van der Waals surface area contributed by atoms with Gasteiger partial charge >= 0.3 is 0 Å². The van der Waals surface area contributed by atoms with Gasteiger partial charge in [0.25, 0.3) is 0 Å². The summed E-state index contributed by atoms with van der Waals surface area (Å²) in [6.45, 7) is 88.2. The van der Waals surface area contributed by atoms with Gasteiger partial charge in [-0.05, 0) is 59.4 Å². The predicted octanol–water partition coefficient (Wildman–Crippen LogP) is 37.0. The molecule has 0 atom stereocenters. The molecule has 6 heteroatoms. The van der Waals surface area contributed by atoms with Crippen LogP contribution in [-0.4, -0.2) is 35.1 Å². The number of hydrogen-bond acceptors (Lipinski definition) is 0. The SMILES string of the molecule is C.C.C.C.C=Cc1cccc2c3ccccc3n(C)c12.C=Cc1cccc2c3ccccc3n(C)c12.CC.CC.CC.CC.CC.CC.CC.CC.CC.CC.CC.CC.CC.CC.CC.CC.CC.CC.CC.CCc1cccc2c3ccccc3n(C)c12.CCc1cccc2c3ccccc3n(C)c12.[B].[B]. The number of aryl methyl sites for hydroxylation is 6. The van der Waals surface area contributed by atoms with Crippen LogP contribution in [0.25, 0.3) is 99.4 Å². The van der Waals surface area contributed by atoms with Gasteiger partial charge in [0.15, 0.2) is 0 Å². The minimum atomic E-state index is 0. The van der Waals surface area contributed by atoms with Crippen LogP contribution < -0.4 is 0 Å². The van der Waals surface area contributed by atoms with Crippen LogP contribution in [0.3, 0.4) is 0 Å². The Morgan fingerprint density at radius 1 is 0.213 bits per heavy atom. The van der Waals surface area contributed by atoms with E-state index in [4.69, 9.17) is 0 Å². The van der Waals surface area contributed by atoms with Crippen LogP contribution in [0.2, 0.25) is 0 Å². The van der Waals surface area contributed by atoms with E-state index in [0.29, 0.717) is 0 Å². The zero-order valence-electron chi connectivity index (χ0n) is 77.1. The molecule has 108 heavy (non-hydrogen) atoms. The van der Waals surface area contributed by atoms with E-state index >= 15 is 0 Å². The molecular formula is C102H186B2N4. The van der Waals surface area contributed by atoms with Gasteiger partial charge < -0.3 is 18.3 Å². The van der Waals surface area contributed by atoms with Gasteiger partial charge in [0, 0.05) is 110 Å². The molecule has 0 N–H and O–H groups in total. The molecule has 8 aromatic carbocycles. The Kier molecular flexibility index (Phi) is 137. The fourth-order valence-electron chi connectivity index (χ4n) is 10.1. The van der Waals surface area contributed by atoms with Gasteiger partial charge in [-0.3, -0.25) is 0 Å². The largest absolute Gasteiger partial charge is 0.343 e. The Labute approximate surface area is 683 Å². The molecule has 0 aliphatic heterocycles. The topological polar surface area (TPSA) is 19.7 Å². The molecule has 4 aromatic heterocycles. The van der Waals surface area contributed by atoms with Crippen molar-refractivity contribution in [2.45, 2.75) is 319 Å². The van der Waals surface area contributed by atoms with Crippen molar-refractivity contribution in [2.75, 3.05) is 0 Å². The second-order valence-corrected chi connectivity index (χ2v) is 16.5. The molecular weight excluding hydrogens is 1300 g/mol. The van der Waals surface area contributed by atoms with Crippen molar-refractivity contribution in [3.05, 3.63) is 205 Å². The minimum Gasteiger partial charge on any atom is -0.343 e. The summed E-state index contributed by atoms with van der Waals surface area (Å²) in [6.07, 6.45) is 6.01. The van der Waals surface area contributed by atoms with E-state index in [1.807, 2.05) is 275 Å². The Morgan fingerprint density at radius 3 is 0.537 bits per heavy atom. The van der Waals surface area contributed by atoms with Gasteiger partial charge in [0.2, 0.25) is 0 Å². The van der Waals surface area contributed by atoms with Crippen LogP contribution in [0.5, 0.6) is 0 Å². The highest BCUT2D eigenvalue weighted by Crippen LogP contribution is 2.34. The van der Waals surface area contributed by atoms with Gasteiger partial charge in [0.05, 0.1) is 22.1 Å². The summed E-state index contributed by atoms with van der Waals surface area (Å²) >= 11 is 0. The number of para-hydroxylation sites is 8. The first-order chi connectivity index (χ1) is 50.3. The van der Waals surface area contributed by atoms with Crippen LogP contribution in [0.1, 0.15) is 329 Å². The maximum Gasteiger partial charge on any atom is 0.0562 e. The molecule has 12 rings (SSSR count). The molecule has 620 valence electrons. The number of hydrogen-bond donors (Lipinski definition) is 0. The average molecular weight is 1490 g/mol. The van der Waals surface area contributed by atoms with Crippen LogP contribution in [-0.2, 0) is 41.0 Å². The monoisotopic (exact) mass is 1490 g/mol. The quantitative estimate of drug-likeness (QED) is 0.157. The summed E-state index contributed by atoms with van der Waals surface area (Å²) in [5.74, 6) is 0. The number of aromatic nitrogens is 4. The molecule has 0 unspecified atom stereocenters. The lowest BCUT2D eigenvalue weighted by atomic mass is 10.1. The van der Waals surface area contributed by atoms with Gasteiger partial charge in [-0.2, -0.15) is 0 Å². The Balaban J connectivity index is -0.0000000584. The minimum absolute atomic E-state index is 0. The van der Waals surface area contributed by atoms with Gasteiger partial charge in [0.1, 0.15) is 0 Å². The first-order valence-electron chi connectivity index (χ1n) is 41.4. The van der Waals surface area contributed by atoms with E-state index in [0.717, 1.165) is 12.8 Å². The van der Waals surface area contributed by atoms with Crippen LogP contribution >= 0.6 is 0 Å². The van der Waals surface area contributed by atoms with Crippen molar-refractivity contribution >= 4 is 116 Å². The lowest BCUT2D eigenvalue weighted by Gasteiger charge is -2.03. The molecule has 0 aliphatic rings. The zero-order chi connectivity index (χ0) is 82.5. The van der Waals surface area contributed by atoms with Gasteiger partial charge in [-0.1, -0.05) is 478 Å². The van der Waals surface area contributed by atoms with E-state index in [1.165, 1.54) is 109 Å². The van der Waals surface area contributed by atoms with E-state index in [1.54, 1.807) is 0 Å². The van der Waals surface area contributed by atoms with E-state index in [2.05, 4.69) is 243 Å². The zero-order valence-corrected chi connectivity index (χ0v) is 77.1. The predicted molar refractivity (Wildman–Crippen MR) is 535 cm³/mol. The van der Waals surface area contributed by atoms with Crippen molar-refractivity contribution in [3.8, 4) is 0 Å². The molecule has 0 amide bonds. The first-order valence-corrected chi connectivity index (χ1v) is 41.4. The highest BCUT2D eigenvalue weighted by molar-refractivity contribution is 6.12. The van der Waals surface area contributed by atoms with Crippen LogP contribution in [0, 0.1) is 0 Å². The molecule has 4 nitrogen and oxygen atoms in total. The van der Waals surface area contributed by atoms with Gasteiger partial charge in [-0.25, -0.2) is 0 Å². The third kappa shape index (κ3) is 42.5. The van der Waals surface area contributed by atoms with Gasteiger partial charge in [-0.15, -0.1) is 0 Å². The maximum absolute atomic E-state index is 3.88. The molecule has 0 saturated heterocycles. The fourth-order valence-corrected chi connectivity index (χ4v) is 10.1. The summed E-state index contributed by atoms with van der Waals surface area (Å²) in [5, 5.41) is 10.7. The smallest absolute Gasteiger partial charge is 0.0562 e. The summed E-state index contributed by atoms with van der Waals surface area (Å²) in [5.41, 5.74) is 15.7. The van der Waals surface area contributed by atoms with E-state index in [-0.39, 0.29) is 46.5 Å². The molecule has 0 aliphatic carbocycles. The molecule has 0 bridgehead atoms.